The Morgan fingerprint density at radius 2 is 1.95 bits per heavy atom. The maximum atomic E-state index is 13.1. The van der Waals surface area contributed by atoms with Crippen molar-refractivity contribution in [3.05, 3.63) is 29.6 Å². The lowest BCUT2D eigenvalue weighted by Gasteiger charge is -2.31. The molecule has 0 amide bonds. The van der Waals surface area contributed by atoms with Crippen LogP contribution in [0.25, 0.3) is 0 Å². The number of benzene rings is 1. The van der Waals surface area contributed by atoms with Crippen molar-refractivity contribution in [3.8, 4) is 0 Å². The molecule has 1 aromatic carbocycles. The van der Waals surface area contributed by atoms with Crippen molar-refractivity contribution in [1.29, 1.82) is 0 Å². The van der Waals surface area contributed by atoms with E-state index in [1.54, 1.807) is 6.92 Å². The highest BCUT2D eigenvalue weighted by Gasteiger charge is 2.30. The molecule has 0 saturated carbocycles. The molecule has 1 aliphatic heterocycles. The number of hydrogen-bond donors (Lipinski definition) is 1. The Kier molecular flexibility index (Phi) is 7.25. The minimum atomic E-state index is -3.51. The number of sulfonamides is 1. The van der Waals surface area contributed by atoms with Gasteiger partial charge in [-0.25, -0.2) is 12.8 Å². The second-order valence-electron chi connectivity index (χ2n) is 5.56. The van der Waals surface area contributed by atoms with Crippen molar-refractivity contribution >= 4 is 22.4 Å². The molecule has 4 nitrogen and oxygen atoms in total. The van der Waals surface area contributed by atoms with Crippen LogP contribution in [-0.2, 0) is 10.0 Å². The van der Waals surface area contributed by atoms with E-state index in [9.17, 15) is 12.8 Å². The smallest absolute Gasteiger partial charge is 0.243 e. The van der Waals surface area contributed by atoms with Crippen molar-refractivity contribution < 1.29 is 12.8 Å². The van der Waals surface area contributed by atoms with Gasteiger partial charge in [-0.2, -0.15) is 4.31 Å². The van der Waals surface area contributed by atoms with Crippen LogP contribution in [0.1, 0.15) is 25.3 Å². The summed E-state index contributed by atoms with van der Waals surface area (Å²) in [6.07, 6.45) is 1.74. The van der Waals surface area contributed by atoms with Crippen LogP contribution in [0.3, 0.4) is 0 Å². The molecule has 1 fully saturated rings. The van der Waals surface area contributed by atoms with E-state index in [0.717, 1.165) is 25.9 Å². The van der Waals surface area contributed by atoms with E-state index in [4.69, 9.17) is 0 Å². The van der Waals surface area contributed by atoms with Crippen LogP contribution in [0.15, 0.2) is 23.1 Å². The second-order valence-corrected chi connectivity index (χ2v) is 7.47. The molecule has 0 aliphatic carbocycles. The zero-order valence-electron chi connectivity index (χ0n) is 13.0. The number of aryl methyl sites for hydroxylation is 1. The van der Waals surface area contributed by atoms with Crippen LogP contribution in [0, 0.1) is 18.7 Å². The molecule has 7 heteroatoms. The largest absolute Gasteiger partial charge is 0.317 e. The third kappa shape index (κ3) is 4.41. The maximum absolute atomic E-state index is 13.1. The standard InChI is InChI=1S/C15H23FN2O2S.ClH/c1-3-17-11-13-6-8-18(9-7-13)21(19,20)15-5-4-14(16)10-12(15)2;/h4-5,10,13,17H,3,6-9,11H2,1-2H3;1H. The van der Waals surface area contributed by atoms with E-state index in [-0.39, 0.29) is 17.3 Å². The lowest BCUT2D eigenvalue weighted by molar-refractivity contribution is 0.268. The summed E-state index contributed by atoms with van der Waals surface area (Å²) in [5, 5.41) is 3.31. The Morgan fingerprint density at radius 1 is 1.32 bits per heavy atom. The molecule has 0 unspecified atom stereocenters. The summed E-state index contributed by atoms with van der Waals surface area (Å²) >= 11 is 0. The molecule has 22 heavy (non-hydrogen) atoms. The van der Waals surface area contributed by atoms with Gasteiger partial charge in [0, 0.05) is 13.1 Å². The fourth-order valence-electron chi connectivity index (χ4n) is 2.74. The Bertz CT molecular complexity index is 587. The van der Waals surface area contributed by atoms with Crippen LogP contribution in [0.2, 0.25) is 0 Å². The van der Waals surface area contributed by atoms with Crippen molar-refractivity contribution in [2.45, 2.75) is 31.6 Å². The van der Waals surface area contributed by atoms with Gasteiger partial charge in [-0.1, -0.05) is 6.92 Å². The monoisotopic (exact) mass is 350 g/mol. The summed E-state index contributed by atoms with van der Waals surface area (Å²) in [7, 11) is -3.51. The third-order valence-electron chi connectivity index (χ3n) is 4.01. The SMILES string of the molecule is CCNCC1CCN(S(=O)(=O)c2ccc(F)cc2C)CC1.Cl. The normalized spacial score (nSPS) is 17.2. The molecule has 126 valence electrons. The van der Waals surface area contributed by atoms with Gasteiger partial charge in [-0.05, 0) is 62.5 Å². The van der Waals surface area contributed by atoms with Gasteiger partial charge in [-0.15, -0.1) is 12.4 Å². The average molecular weight is 351 g/mol. The molecule has 0 atom stereocenters. The van der Waals surface area contributed by atoms with Crippen molar-refractivity contribution in [2.75, 3.05) is 26.2 Å². The van der Waals surface area contributed by atoms with E-state index in [2.05, 4.69) is 12.2 Å². The zero-order valence-corrected chi connectivity index (χ0v) is 14.6. The lowest BCUT2D eigenvalue weighted by atomic mass is 9.98. The van der Waals surface area contributed by atoms with Gasteiger partial charge in [0.1, 0.15) is 5.82 Å². The highest BCUT2D eigenvalue weighted by atomic mass is 35.5. The first-order valence-electron chi connectivity index (χ1n) is 7.42. The van der Waals surface area contributed by atoms with Crippen LogP contribution in [-0.4, -0.2) is 38.9 Å². The van der Waals surface area contributed by atoms with Gasteiger partial charge in [0.05, 0.1) is 4.90 Å². The fraction of sp³-hybridized carbons (Fsp3) is 0.600. The molecule has 1 aliphatic rings. The number of nitrogens with one attached hydrogen (secondary N) is 1. The first-order valence-corrected chi connectivity index (χ1v) is 8.86. The van der Waals surface area contributed by atoms with Crippen molar-refractivity contribution in [2.24, 2.45) is 5.92 Å². The van der Waals surface area contributed by atoms with Crippen molar-refractivity contribution in [1.82, 2.24) is 9.62 Å². The number of rotatable bonds is 5. The first kappa shape index (κ1) is 19.4. The van der Waals surface area contributed by atoms with Crippen molar-refractivity contribution in [3.63, 3.8) is 0 Å². The van der Waals surface area contributed by atoms with E-state index in [1.165, 1.54) is 22.5 Å². The van der Waals surface area contributed by atoms with E-state index < -0.39 is 15.8 Å². The minimum Gasteiger partial charge on any atom is -0.317 e. The molecule has 0 radical (unpaired) electrons. The lowest BCUT2D eigenvalue weighted by Crippen LogP contribution is -2.40. The van der Waals surface area contributed by atoms with E-state index >= 15 is 0 Å². The van der Waals surface area contributed by atoms with Gasteiger partial charge in [0.25, 0.3) is 0 Å². The summed E-state index contributed by atoms with van der Waals surface area (Å²) in [4.78, 5) is 0.217. The Morgan fingerprint density at radius 3 is 2.50 bits per heavy atom. The van der Waals surface area contributed by atoms with Crippen LogP contribution in [0.5, 0.6) is 0 Å². The van der Waals surface area contributed by atoms with E-state index in [0.29, 0.717) is 24.6 Å². The molecule has 0 bridgehead atoms. The van der Waals surface area contributed by atoms with E-state index in [1.807, 2.05) is 0 Å². The summed E-state index contributed by atoms with van der Waals surface area (Å²) in [5.41, 5.74) is 0.463. The minimum absolute atomic E-state index is 0. The molecule has 2 rings (SSSR count). The van der Waals surface area contributed by atoms with Crippen LogP contribution >= 0.6 is 12.4 Å². The summed E-state index contributed by atoms with van der Waals surface area (Å²) in [5.74, 6) is 0.126. The molecular formula is C15H24ClFN2O2S. The average Bonchev–Trinajstić information content (AvgIpc) is 2.45. The highest BCUT2D eigenvalue weighted by molar-refractivity contribution is 7.89. The Balaban J connectivity index is 0.00000242. The number of piperidine rings is 1. The molecule has 0 aromatic heterocycles. The zero-order chi connectivity index (χ0) is 15.5. The first-order chi connectivity index (χ1) is 9.95. The van der Waals surface area contributed by atoms with Gasteiger partial charge < -0.3 is 5.32 Å². The fourth-order valence-corrected chi connectivity index (χ4v) is 4.42. The highest BCUT2D eigenvalue weighted by Crippen LogP contribution is 2.25. The topological polar surface area (TPSA) is 49.4 Å². The van der Waals surface area contributed by atoms with Crippen LogP contribution < -0.4 is 5.32 Å². The van der Waals surface area contributed by atoms with Gasteiger partial charge in [-0.3, -0.25) is 0 Å². The molecule has 1 saturated heterocycles. The molecular weight excluding hydrogens is 327 g/mol. The quantitative estimate of drug-likeness (QED) is 0.888. The molecule has 1 heterocycles. The maximum Gasteiger partial charge on any atom is 0.243 e. The van der Waals surface area contributed by atoms with Gasteiger partial charge in [0.2, 0.25) is 10.0 Å². The molecule has 0 spiro atoms. The number of halogens is 2. The summed E-state index contributed by atoms with van der Waals surface area (Å²) < 4.78 is 39.9. The molecule has 1 N–H and O–H groups in total. The second kappa shape index (κ2) is 8.24. The van der Waals surface area contributed by atoms with Gasteiger partial charge >= 0.3 is 0 Å². The predicted octanol–water partition coefficient (Wildman–Crippen LogP) is 2.57. The third-order valence-corrected chi connectivity index (χ3v) is 6.07. The van der Waals surface area contributed by atoms with Gasteiger partial charge in [0.15, 0.2) is 0 Å². The summed E-state index contributed by atoms with van der Waals surface area (Å²) in [6, 6.07) is 3.84. The summed E-state index contributed by atoms with van der Waals surface area (Å²) in [6.45, 7) is 6.66. The molecule has 1 aromatic rings. The number of nitrogens with zero attached hydrogens (tertiary/aromatic N) is 1. The predicted molar refractivity (Wildman–Crippen MR) is 88.4 cm³/mol. The van der Waals surface area contributed by atoms with Crippen LogP contribution in [0.4, 0.5) is 4.39 Å². The Labute approximate surface area is 138 Å². The number of hydrogen-bond acceptors (Lipinski definition) is 3. The Hall–Kier alpha value is -0.690.